The van der Waals surface area contributed by atoms with Gasteiger partial charge in [0.2, 0.25) is 11.8 Å². The van der Waals surface area contributed by atoms with E-state index < -0.39 is 0 Å². The minimum absolute atomic E-state index is 0.0641. The molecule has 0 aliphatic carbocycles. The lowest BCUT2D eigenvalue weighted by Crippen LogP contribution is -2.29. The van der Waals surface area contributed by atoms with Crippen molar-refractivity contribution in [3.05, 3.63) is 43.2 Å². The van der Waals surface area contributed by atoms with Crippen molar-refractivity contribution in [2.45, 2.75) is 32.4 Å². The molecule has 1 N–H and O–H groups in total. The van der Waals surface area contributed by atoms with E-state index in [2.05, 4.69) is 41.6 Å². The van der Waals surface area contributed by atoms with Crippen LogP contribution in [0, 0.1) is 0 Å². The number of carbonyl (C=O) groups is 1. The van der Waals surface area contributed by atoms with Crippen molar-refractivity contribution in [1.29, 1.82) is 0 Å². The summed E-state index contributed by atoms with van der Waals surface area (Å²) >= 11 is 0. The maximum atomic E-state index is 11.9. The number of nitrogens with zero attached hydrogens (tertiary/aromatic N) is 5. The molecule has 3 aromatic heterocycles. The fraction of sp³-hybridized carbons (Fsp3) is 0.381. The molecule has 8 heteroatoms. The van der Waals surface area contributed by atoms with Gasteiger partial charge in [0.25, 0.3) is 0 Å². The van der Waals surface area contributed by atoms with Crippen LogP contribution in [0.25, 0.3) is 10.9 Å². The molecule has 1 amide bonds. The lowest BCUT2D eigenvalue weighted by Gasteiger charge is -2.17. The molecule has 0 bridgehead atoms. The smallest absolute Gasteiger partial charge is 0.246 e. The van der Waals surface area contributed by atoms with Gasteiger partial charge in [-0.25, -0.2) is 0 Å². The normalized spacial score (nSPS) is 16.6. The first kappa shape index (κ1) is 19.0. The van der Waals surface area contributed by atoms with Gasteiger partial charge in [-0.15, -0.1) is 0 Å². The van der Waals surface area contributed by atoms with Crippen LogP contribution in [0.4, 0.5) is 11.6 Å². The van der Waals surface area contributed by atoms with Crippen LogP contribution in [0.2, 0.25) is 0 Å². The first-order valence-electron chi connectivity index (χ1n) is 9.81. The van der Waals surface area contributed by atoms with Gasteiger partial charge < -0.3 is 19.5 Å². The molecule has 29 heavy (non-hydrogen) atoms. The van der Waals surface area contributed by atoms with E-state index in [0.717, 1.165) is 23.1 Å². The van der Waals surface area contributed by atoms with Gasteiger partial charge in [0, 0.05) is 50.6 Å². The number of aromatic nitrogens is 4. The molecule has 0 saturated carbocycles. The number of anilines is 2. The third-order valence-electron chi connectivity index (χ3n) is 5.12. The third kappa shape index (κ3) is 3.83. The molecule has 1 unspecified atom stereocenters. The summed E-state index contributed by atoms with van der Waals surface area (Å²) in [5.74, 6) is 1.89. The number of aryl methyl sites for hydroxylation is 1. The Morgan fingerprint density at radius 1 is 1.34 bits per heavy atom. The number of hydrogen-bond donors (Lipinski definition) is 1. The average Bonchev–Trinajstić information content (AvgIpc) is 3.41. The monoisotopic (exact) mass is 394 g/mol. The Morgan fingerprint density at radius 3 is 2.86 bits per heavy atom. The van der Waals surface area contributed by atoms with Crippen molar-refractivity contribution in [1.82, 2.24) is 24.2 Å². The molecule has 1 aliphatic heterocycles. The molecule has 1 fully saturated rings. The number of carbonyl (C=O) groups excluding carboxylic acids is 1. The van der Waals surface area contributed by atoms with Crippen molar-refractivity contribution >= 4 is 28.4 Å². The zero-order chi connectivity index (χ0) is 20.5. The second-order valence-corrected chi connectivity index (χ2v) is 7.58. The summed E-state index contributed by atoms with van der Waals surface area (Å²) in [6.07, 6.45) is 5.95. The molecule has 1 saturated heterocycles. The Balaban J connectivity index is 1.66. The lowest BCUT2D eigenvalue weighted by molar-refractivity contribution is -0.125. The van der Waals surface area contributed by atoms with Crippen LogP contribution >= 0.6 is 0 Å². The second-order valence-electron chi connectivity index (χ2n) is 7.58. The minimum Gasteiger partial charge on any atom is -0.472 e. The van der Waals surface area contributed by atoms with Crippen LogP contribution in [0.1, 0.15) is 26.3 Å². The summed E-state index contributed by atoms with van der Waals surface area (Å²) in [6, 6.07) is 6.24. The van der Waals surface area contributed by atoms with Gasteiger partial charge >= 0.3 is 0 Å². The topological polar surface area (TPSA) is 77.2 Å². The predicted molar refractivity (Wildman–Crippen MR) is 112 cm³/mol. The highest BCUT2D eigenvalue weighted by atomic mass is 16.5. The predicted octanol–water partition coefficient (Wildman–Crippen LogP) is 3.26. The highest BCUT2D eigenvalue weighted by Crippen LogP contribution is 2.32. The van der Waals surface area contributed by atoms with Crippen LogP contribution in [0.3, 0.4) is 0 Å². The van der Waals surface area contributed by atoms with Gasteiger partial charge in [-0.1, -0.05) is 6.58 Å². The molecular weight excluding hydrogens is 368 g/mol. The summed E-state index contributed by atoms with van der Waals surface area (Å²) in [4.78, 5) is 18.3. The van der Waals surface area contributed by atoms with E-state index in [1.54, 1.807) is 9.58 Å². The van der Waals surface area contributed by atoms with Crippen molar-refractivity contribution in [2.75, 3.05) is 18.4 Å². The highest BCUT2D eigenvalue weighted by molar-refractivity contribution is 5.88. The summed E-state index contributed by atoms with van der Waals surface area (Å²) < 4.78 is 10.2. The molecule has 0 radical (unpaired) electrons. The van der Waals surface area contributed by atoms with Crippen molar-refractivity contribution in [2.24, 2.45) is 7.05 Å². The molecule has 1 aliphatic rings. The van der Waals surface area contributed by atoms with Gasteiger partial charge in [0.05, 0.1) is 17.4 Å². The summed E-state index contributed by atoms with van der Waals surface area (Å²) in [5.41, 5.74) is 1.04. The fourth-order valence-corrected chi connectivity index (χ4v) is 3.65. The van der Waals surface area contributed by atoms with Crippen LogP contribution in [0.5, 0.6) is 5.88 Å². The number of likely N-dealkylation sites (tertiary alicyclic amines) is 1. The maximum Gasteiger partial charge on any atom is 0.246 e. The molecule has 0 aromatic carbocycles. The standard InChI is InChI=1S/C21H26N6O2/c1-5-20(28)26-10-6-15(13-26)29-21-16-7-11-27(14(2)3)17(16)12-19(23-21)22-18-8-9-25(4)24-18/h5,7-9,11-12,14-15H,1,6,10,13H2,2-4H3,(H,22,23,24). The van der Waals surface area contributed by atoms with Gasteiger partial charge in [0.15, 0.2) is 5.82 Å². The zero-order valence-corrected chi connectivity index (χ0v) is 17.0. The summed E-state index contributed by atoms with van der Waals surface area (Å²) in [7, 11) is 1.87. The third-order valence-corrected chi connectivity index (χ3v) is 5.12. The summed E-state index contributed by atoms with van der Waals surface area (Å²) in [5, 5.41) is 8.58. The number of ether oxygens (including phenoxy) is 1. The lowest BCUT2D eigenvalue weighted by atomic mass is 10.2. The van der Waals surface area contributed by atoms with Crippen LogP contribution in [-0.2, 0) is 11.8 Å². The Morgan fingerprint density at radius 2 is 2.17 bits per heavy atom. The van der Waals surface area contributed by atoms with Crippen LogP contribution in [-0.4, -0.2) is 49.3 Å². The van der Waals surface area contributed by atoms with E-state index in [1.165, 1.54) is 6.08 Å². The first-order valence-corrected chi connectivity index (χ1v) is 9.81. The second kappa shape index (κ2) is 7.62. The molecule has 0 spiro atoms. The molecule has 4 heterocycles. The fourth-order valence-electron chi connectivity index (χ4n) is 3.65. The minimum atomic E-state index is -0.0953. The number of rotatable bonds is 6. The summed E-state index contributed by atoms with van der Waals surface area (Å²) in [6.45, 7) is 9.05. The van der Waals surface area contributed by atoms with E-state index in [-0.39, 0.29) is 12.0 Å². The Bertz CT molecular complexity index is 1050. The van der Waals surface area contributed by atoms with E-state index >= 15 is 0 Å². The molecular formula is C21H26N6O2. The average molecular weight is 394 g/mol. The van der Waals surface area contributed by atoms with Crippen molar-refractivity contribution in [3.63, 3.8) is 0 Å². The quantitative estimate of drug-likeness (QED) is 0.650. The van der Waals surface area contributed by atoms with Gasteiger partial charge in [-0.05, 0) is 26.0 Å². The Hall–Kier alpha value is -3.29. The van der Waals surface area contributed by atoms with Gasteiger partial charge in [-0.2, -0.15) is 10.1 Å². The number of fused-ring (bicyclic) bond motifs is 1. The molecule has 152 valence electrons. The largest absolute Gasteiger partial charge is 0.472 e. The first-order chi connectivity index (χ1) is 13.9. The number of pyridine rings is 1. The van der Waals surface area contributed by atoms with Crippen LogP contribution < -0.4 is 10.1 Å². The maximum absolute atomic E-state index is 11.9. The zero-order valence-electron chi connectivity index (χ0n) is 17.0. The number of hydrogen-bond acceptors (Lipinski definition) is 5. The molecule has 3 aromatic rings. The Labute approximate surface area is 169 Å². The van der Waals surface area contributed by atoms with Gasteiger partial charge in [-0.3, -0.25) is 9.48 Å². The molecule has 8 nitrogen and oxygen atoms in total. The SMILES string of the molecule is C=CC(=O)N1CCC(Oc2nc(Nc3ccn(C)n3)cc3c2ccn3C(C)C)C1. The van der Waals surface area contributed by atoms with Crippen LogP contribution in [0.15, 0.2) is 43.2 Å². The van der Waals surface area contributed by atoms with Crippen molar-refractivity contribution < 1.29 is 9.53 Å². The molecule has 1 atom stereocenters. The highest BCUT2D eigenvalue weighted by Gasteiger charge is 2.27. The van der Waals surface area contributed by atoms with Crippen molar-refractivity contribution in [3.8, 4) is 5.88 Å². The Kier molecular flexibility index (Phi) is 5.00. The number of amides is 1. The van der Waals surface area contributed by atoms with E-state index in [4.69, 9.17) is 9.72 Å². The molecule has 4 rings (SSSR count). The van der Waals surface area contributed by atoms with E-state index in [9.17, 15) is 4.79 Å². The van der Waals surface area contributed by atoms with Gasteiger partial charge in [0.1, 0.15) is 11.9 Å². The van der Waals surface area contributed by atoms with E-state index in [1.807, 2.05) is 31.4 Å². The number of nitrogens with one attached hydrogen (secondary N) is 1. The van der Waals surface area contributed by atoms with E-state index in [0.29, 0.717) is 30.8 Å².